The van der Waals surface area contributed by atoms with Crippen molar-refractivity contribution in [2.24, 2.45) is 0 Å². The van der Waals surface area contributed by atoms with Crippen LogP contribution in [0.25, 0.3) is 0 Å². The van der Waals surface area contributed by atoms with Crippen LogP contribution in [0.4, 0.5) is 11.4 Å². The zero-order valence-corrected chi connectivity index (χ0v) is 17.1. The Labute approximate surface area is 171 Å². The molecule has 1 amide bonds. The van der Waals surface area contributed by atoms with Crippen LogP contribution < -0.4 is 15.0 Å². The van der Waals surface area contributed by atoms with E-state index in [-0.39, 0.29) is 5.91 Å². The summed E-state index contributed by atoms with van der Waals surface area (Å²) in [6.45, 7) is 4.38. The maximum atomic E-state index is 12.5. The molecular weight excluding hydrogens is 368 g/mol. The van der Waals surface area contributed by atoms with Gasteiger partial charge < -0.3 is 19.7 Å². The number of carbonyl (C=O) groups is 2. The quantitative estimate of drug-likeness (QED) is 0.536. The number of hydrogen-bond acceptors (Lipinski definition) is 5. The summed E-state index contributed by atoms with van der Waals surface area (Å²) in [4.78, 5) is 26.6. The monoisotopic (exact) mass is 396 g/mol. The van der Waals surface area contributed by atoms with E-state index in [1.165, 1.54) is 7.11 Å². The first-order valence-electron chi connectivity index (χ1n) is 10.0. The standard InChI is InChI=1S/C23H28N2O4/c1-17-7-5-8-19(15-17)29-14-6-9-22(26)24-20-16-18(23(27)28-2)10-11-21(20)25-12-3-4-13-25/h5,7-8,10-11,15-16H,3-4,6,9,12-14H2,1-2H3,(H,24,26). The van der Waals surface area contributed by atoms with Gasteiger partial charge in [0.15, 0.2) is 0 Å². The van der Waals surface area contributed by atoms with E-state index >= 15 is 0 Å². The Balaban J connectivity index is 1.59. The fourth-order valence-corrected chi connectivity index (χ4v) is 3.46. The number of esters is 1. The molecule has 0 aliphatic carbocycles. The number of anilines is 2. The van der Waals surface area contributed by atoms with Crippen molar-refractivity contribution in [3.63, 3.8) is 0 Å². The molecule has 2 aromatic rings. The Bertz CT molecular complexity index is 860. The first-order valence-corrected chi connectivity index (χ1v) is 10.0. The number of nitrogens with zero attached hydrogens (tertiary/aromatic N) is 1. The van der Waals surface area contributed by atoms with E-state index in [0.717, 1.165) is 42.9 Å². The van der Waals surface area contributed by atoms with Gasteiger partial charge in [0.2, 0.25) is 5.91 Å². The van der Waals surface area contributed by atoms with Gasteiger partial charge in [-0.2, -0.15) is 0 Å². The summed E-state index contributed by atoms with van der Waals surface area (Å²) in [7, 11) is 1.35. The molecule has 0 spiro atoms. The van der Waals surface area contributed by atoms with E-state index in [1.807, 2.05) is 37.3 Å². The molecule has 0 saturated carbocycles. The molecule has 1 aliphatic heterocycles. The molecule has 3 rings (SSSR count). The number of ether oxygens (including phenoxy) is 2. The van der Waals surface area contributed by atoms with Gasteiger partial charge in [0.25, 0.3) is 0 Å². The summed E-state index contributed by atoms with van der Waals surface area (Å²) in [5, 5.41) is 2.97. The van der Waals surface area contributed by atoms with Crippen molar-refractivity contribution < 1.29 is 19.1 Å². The first-order chi connectivity index (χ1) is 14.1. The average molecular weight is 396 g/mol. The molecule has 0 atom stereocenters. The van der Waals surface area contributed by atoms with Crippen LogP contribution in [0.1, 0.15) is 41.6 Å². The third kappa shape index (κ3) is 5.73. The molecule has 1 heterocycles. The summed E-state index contributed by atoms with van der Waals surface area (Å²) in [6.07, 6.45) is 3.20. The van der Waals surface area contributed by atoms with Crippen LogP contribution in [0.2, 0.25) is 0 Å². The molecule has 6 heteroatoms. The second-order valence-corrected chi connectivity index (χ2v) is 7.23. The smallest absolute Gasteiger partial charge is 0.337 e. The van der Waals surface area contributed by atoms with Crippen molar-refractivity contribution in [2.75, 3.05) is 37.0 Å². The molecule has 6 nitrogen and oxygen atoms in total. The van der Waals surface area contributed by atoms with E-state index in [4.69, 9.17) is 9.47 Å². The highest BCUT2D eigenvalue weighted by Gasteiger charge is 2.19. The molecule has 1 saturated heterocycles. The molecular formula is C23H28N2O4. The normalized spacial score (nSPS) is 13.2. The summed E-state index contributed by atoms with van der Waals surface area (Å²) in [6, 6.07) is 13.2. The van der Waals surface area contributed by atoms with Crippen LogP contribution in [0.3, 0.4) is 0 Å². The first kappa shape index (κ1) is 20.7. The molecule has 29 heavy (non-hydrogen) atoms. The Kier molecular flexibility index (Phi) is 7.11. The Morgan fingerprint density at radius 1 is 1.10 bits per heavy atom. The summed E-state index contributed by atoms with van der Waals surface area (Å²) in [5.41, 5.74) is 3.16. The molecule has 0 unspecified atom stereocenters. The van der Waals surface area contributed by atoms with Gasteiger partial charge in [0, 0.05) is 19.5 Å². The topological polar surface area (TPSA) is 67.9 Å². The van der Waals surface area contributed by atoms with Crippen LogP contribution in [0.5, 0.6) is 5.75 Å². The number of benzene rings is 2. The largest absolute Gasteiger partial charge is 0.494 e. The molecule has 0 aromatic heterocycles. The fraction of sp³-hybridized carbons (Fsp3) is 0.391. The van der Waals surface area contributed by atoms with Gasteiger partial charge in [-0.1, -0.05) is 12.1 Å². The lowest BCUT2D eigenvalue weighted by Crippen LogP contribution is -2.21. The van der Waals surface area contributed by atoms with Crippen molar-refractivity contribution in [3.8, 4) is 5.75 Å². The number of nitrogens with one attached hydrogen (secondary N) is 1. The maximum absolute atomic E-state index is 12.5. The third-order valence-electron chi connectivity index (χ3n) is 4.94. The molecule has 154 valence electrons. The molecule has 1 aliphatic rings. The van der Waals surface area contributed by atoms with E-state index in [0.29, 0.717) is 30.7 Å². The highest BCUT2D eigenvalue weighted by molar-refractivity contribution is 5.98. The lowest BCUT2D eigenvalue weighted by Gasteiger charge is -2.22. The van der Waals surface area contributed by atoms with E-state index in [9.17, 15) is 9.59 Å². The Morgan fingerprint density at radius 2 is 1.90 bits per heavy atom. The zero-order valence-electron chi connectivity index (χ0n) is 17.1. The number of methoxy groups -OCH3 is 1. The minimum absolute atomic E-state index is 0.0969. The number of hydrogen-bond donors (Lipinski definition) is 1. The third-order valence-corrected chi connectivity index (χ3v) is 4.94. The number of amides is 1. The Hall–Kier alpha value is -3.02. The van der Waals surface area contributed by atoms with Gasteiger partial charge in [-0.25, -0.2) is 4.79 Å². The number of carbonyl (C=O) groups excluding carboxylic acids is 2. The van der Waals surface area contributed by atoms with E-state index in [1.54, 1.807) is 12.1 Å². The van der Waals surface area contributed by atoms with Crippen LogP contribution in [-0.2, 0) is 9.53 Å². The molecule has 1 N–H and O–H groups in total. The Morgan fingerprint density at radius 3 is 2.62 bits per heavy atom. The van der Waals surface area contributed by atoms with Gasteiger partial charge in [-0.05, 0) is 62.1 Å². The van der Waals surface area contributed by atoms with Crippen LogP contribution in [0, 0.1) is 6.92 Å². The van der Waals surface area contributed by atoms with Crippen LogP contribution in [-0.4, -0.2) is 38.7 Å². The highest BCUT2D eigenvalue weighted by Crippen LogP contribution is 2.30. The van der Waals surface area contributed by atoms with E-state index in [2.05, 4.69) is 10.2 Å². The van der Waals surface area contributed by atoms with Gasteiger partial charge in [0.05, 0.1) is 30.7 Å². The van der Waals surface area contributed by atoms with Crippen molar-refractivity contribution >= 4 is 23.3 Å². The summed E-state index contributed by atoms with van der Waals surface area (Å²) < 4.78 is 10.5. The summed E-state index contributed by atoms with van der Waals surface area (Å²) in [5.74, 6) is 0.299. The predicted molar refractivity (Wildman–Crippen MR) is 114 cm³/mol. The minimum atomic E-state index is -0.417. The fourth-order valence-electron chi connectivity index (χ4n) is 3.46. The van der Waals surface area contributed by atoms with Crippen molar-refractivity contribution in [2.45, 2.75) is 32.6 Å². The van der Waals surface area contributed by atoms with Gasteiger partial charge in [-0.3, -0.25) is 4.79 Å². The molecule has 0 radical (unpaired) electrons. The molecule has 0 bridgehead atoms. The summed E-state index contributed by atoms with van der Waals surface area (Å²) >= 11 is 0. The van der Waals surface area contributed by atoms with Crippen LogP contribution >= 0.6 is 0 Å². The van der Waals surface area contributed by atoms with Crippen molar-refractivity contribution in [1.82, 2.24) is 0 Å². The maximum Gasteiger partial charge on any atom is 0.337 e. The zero-order chi connectivity index (χ0) is 20.6. The average Bonchev–Trinajstić information content (AvgIpc) is 3.25. The minimum Gasteiger partial charge on any atom is -0.494 e. The molecule has 2 aromatic carbocycles. The predicted octanol–water partition coefficient (Wildman–Crippen LogP) is 4.18. The van der Waals surface area contributed by atoms with Crippen LogP contribution in [0.15, 0.2) is 42.5 Å². The lowest BCUT2D eigenvalue weighted by atomic mass is 10.1. The number of rotatable bonds is 8. The highest BCUT2D eigenvalue weighted by atomic mass is 16.5. The SMILES string of the molecule is COC(=O)c1ccc(N2CCCC2)c(NC(=O)CCCOc2cccc(C)c2)c1. The van der Waals surface area contributed by atoms with Gasteiger partial charge in [0.1, 0.15) is 5.75 Å². The van der Waals surface area contributed by atoms with Gasteiger partial charge in [-0.15, -0.1) is 0 Å². The lowest BCUT2D eigenvalue weighted by molar-refractivity contribution is -0.116. The van der Waals surface area contributed by atoms with E-state index < -0.39 is 5.97 Å². The van der Waals surface area contributed by atoms with Crippen molar-refractivity contribution in [3.05, 3.63) is 53.6 Å². The number of aryl methyl sites for hydroxylation is 1. The van der Waals surface area contributed by atoms with Gasteiger partial charge >= 0.3 is 5.97 Å². The second kappa shape index (κ2) is 9.96. The second-order valence-electron chi connectivity index (χ2n) is 7.23. The van der Waals surface area contributed by atoms with Crippen molar-refractivity contribution in [1.29, 1.82) is 0 Å². The molecule has 1 fully saturated rings.